The fourth-order valence-corrected chi connectivity index (χ4v) is 5.77. The fraction of sp³-hybridized carbons (Fsp3) is 0.394. The molecule has 47 heavy (non-hydrogen) atoms. The molecule has 7 N–H and O–H groups in total. The molecule has 1 aliphatic heterocycles. The number of Topliss-reactive ketones (excluding diaryl/α,β-unsaturated/α-hetero) is 1. The third-order valence-corrected chi connectivity index (χ3v) is 8.32. The lowest BCUT2D eigenvalue weighted by molar-refractivity contribution is -0.247. The third-order valence-electron chi connectivity index (χ3n) is 8.32. The Morgan fingerprint density at radius 2 is 1.60 bits per heavy atom. The molecule has 14 heteroatoms. The third kappa shape index (κ3) is 8.16. The Labute approximate surface area is 271 Å². The second-order valence-corrected chi connectivity index (χ2v) is 11.7. The van der Waals surface area contributed by atoms with Gasteiger partial charge in [0.1, 0.15) is 36.6 Å². The zero-order valence-electron chi connectivity index (χ0n) is 25.8. The van der Waals surface area contributed by atoms with Crippen molar-refractivity contribution in [3.05, 3.63) is 84.4 Å². The predicted molar refractivity (Wildman–Crippen MR) is 170 cm³/mol. The summed E-state index contributed by atoms with van der Waals surface area (Å²) in [5.74, 6) is -2.27. The van der Waals surface area contributed by atoms with E-state index in [1.807, 2.05) is 60.7 Å². The minimum atomic E-state index is -1.57. The van der Waals surface area contributed by atoms with Crippen LogP contribution >= 0.6 is 0 Å². The molecule has 1 saturated heterocycles. The summed E-state index contributed by atoms with van der Waals surface area (Å²) in [7, 11) is 0. The molecule has 3 heterocycles. The molecule has 0 radical (unpaired) electrons. The number of rotatable bonds is 13. The van der Waals surface area contributed by atoms with Gasteiger partial charge in [0.25, 0.3) is 0 Å². The van der Waals surface area contributed by atoms with E-state index in [2.05, 4.69) is 25.6 Å². The van der Waals surface area contributed by atoms with Gasteiger partial charge in [-0.25, -0.2) is 15.0 Å². The first-order valence-corrected chi connectivity index (χ1v) is 15.5. The van der Waals surface area contributed by atoms with Crippen molar-refractivity contribution >= 4 is 34.6 Å². The van der Waals surface area contributed by atoms with E-state index in [9.17, 15) is 29.7 Å². The summed E-state index contributed by atoms with van der Waals surface area (Å²) >= 11 is 0. The van der Waals surface area contributed by atoms with Gasteiger partial charge in [0.2, 0.25) is 11.8 Å². The molecule has 1 fully saturated rings. The molecule has 2 aromatic carbocycles. The molecule has 2 amide bonds. The number of aliphatic hydroxyl groups is 3. The number of fused-ring (bicyclic) bond motifs is 1. The zero-order valence-corrected chi connectivity index (χ0v) is 25.8. The summed E-state index contributed by atoms with van der Waals surface area (Å²) in [6.45, 7) is 1.54. The van der Waals surface area contributed by atoms with Crippen LogP contribution in [0.15, 0.2) is 73.3 Å². The van der Waals surface area contributed by atoms with Crippen molar-refractivity contribution in [2.24, 2.45) is 5.92 Å². The summed E-state index contributed by atoms with van der Waals surface area (Å²) in [6, 6.07) is 16.0. The first-order valence-electron chi connectivity index (χ1n) is 15.5. The van der Waals surface area contributed by atoms with Gasteiger partial charge in [0.15, 0.2) is 23.5 Å². The van der Waals surface area contributed by atoms with Crippen molar-refractivity contribution in [3.8, 4) is 0 Å². The number of ether oxygens (including phenoxy) is 1. The minimum absolute atomic E-state index is 0.159. The molecule has 2 aromatic heterocycles. The second-order valence-electron chi connectivity index (χ2n) is 11.7. The molecule has 248 valence electrons. The quantitative estimate of drug-likeness (QED) is 0.116. The van der Waals surface area contributed by atoms with Crippen LogP contribution in [0.5, 0.6) is 0 Å². The summed E-state index contributed by atoms with van der Waals surface area (Å²) in [5, 5.41) is 37.2. The van der Waals surface area contributed by atoms with E-state index in [0.29, 0.717) is 17.6 Å². The Balaban J connectivity index is 1.35. The zero-order chi connectivity index (χ0) is 33.5. The lowest BCUT2D eigenvalue weighted by Crippen LogP contribution is -2.64. The molecule has 4 aromatic rings. The minimum Gasteiger partial charge on any atom is -0.388 e. The molecule has 0 bridgehead atoms. The predicted octanol–water partition coefficient (Wildman–Crippen LogP) is 0.288. The van der Waals surface area contributed by atoms with Crippen LogP contribution < -0.4 is 16.4 Å². The van der Waals surface area contributed by atoms with E-state index in [-0.39, 0.29) is 31.6 Å². The first-order chi connectivity index (χ1) is 22.6. The lowest BCUT2D eigenvalue weighted by Gasteiger charge is -2.41. The number of aliphatic hydroxyl groups excluding tert-OH is 3. The van der Waals surface area contributed by atoms with E-state index < -0.39 is 60.2 Å². The number of nitrogens with one attached hydrogen (secondary N) is 2. The van der Waals surface area contributed by atoms with E-state index in [4.69, 9.17) is 10.5 Å². The van der Waals surface area contributed by atoms with E-state index in [0.717, 1.165) is 11.1 Å². The number of carbonyl (C=O) groups is 3. The van der Waals surface area contributed by atoms with Gasteiger partial charge in [-0.2, -0.15) is 0 Å². The largest absolute Gasteiger partial charge is 0.388 e. The van der Waals surface area contributed by atoms with Crippen molar-refractivity contribution in [1.29, 1.82) is 0 Å². The van der Waals surface area contributed by atoms with Crippen LogP contribution in [0.3, 0.4) is 0 Å². The van der Waals surface area contributed by atoms with Crippen LogP contribution in [-0.2, 0) is 38.5 Å². The molecular weight excluding hydrogens is 606 g/mol. The number of hydrogen-bond acceptors (Lipinski definition) is 11. The fourth-order valence-electron chi connectivity index (χ4n) is 5.77. The molecular formula is C33H39N7O7. The van der Waals surface area contributed by atoms with Gasteiger partial charge in [-0.15, -0.1) is 0 Å². The van der Waals surface area contributed by atoms with Crippen LogP contribution in [0.25, 0.3) is 11.2 Å². The Kier molecular flexibility index (Phi) is 10.9. The van der Waals surface area contributed by atoms with Crippen molar-refractivity contribution in [2.75, 3.05) is 5.73 Å². The summed E-state index contributed by atoms with van der Waals surface area (Å²) in [5.41, 5.74) is 8.17. The van der Waals surface area contributed by atoms with E-state index >= 15 is 0 Å². The van der Waals surface area contributed by atoms with Gasteiger partial charge >= 0.3 is 0 Å². The van der Waals surface area contributed by atoms with Crippen LogP contribution in [0.4, 0.5) is 5.82 Å². The number of benzene rings is 2. The number of carbonyl (C=O) groups excluding carboxylic acids is 3. The number of ketones is 1. The smallest absolute Gasteiger partial charge is 0.240 e. The first kappa shape index (κ1) is 33.6. The highest BCUT2D eigenvalue weighted by Crippen LogP contribution is 2.24. The van der Waals surface area contributed by atoms with Crippen molar-refractivity contribution in [2.45, 2.75) is 75.8 Å². The number of nitrogens with zero attached hydrogens (tertiary/aromatic N) is 4. The van der Waals surface area contributed by atoms with Crippen LogP contribution in [0, 0.1) is 5.92 Å². The maximum Gasteiger partial charge on any atom is 0.240 e. The normalized spacial score (nSPS) is 22.3. The molecule has 0 saturated carbocycles. The topological polar surface area (TPSA) is 215 Å². The van der Waals surface area contributed by atoms with Crippen LogP contribution in [-0.4, -0.2) is 89.1 Å². The Hall–Kier alpha value is -4.76. The highest BCUT2D eigenvalue weighted by Gasteiger charge is 2.44. The van der Waals surface area contributed by atoms with Crippen LogP contribution in [0.2, 0.25) is 0 Å². The number of nitrogen functional groups attached to an aromatic ring is 1. The Bertz CT molecular complexity index is 1670. The van der Waals surface area contributed by atoms with Crippen molar-refractivity contribution in [1.82, 2.24) is 30.2 Å². The number of anilines is 1. The maximum atomic E-state index is 14.0. The number of hydrogen-bond donors (Lipinski definition) is 6. The number of amides is 2. The van der Waals surface area contributed by atoms with Crippen LogP contribution in [0.1, 0.15) is 30.9 Å². The average Bonchev–Trinajstić information content (AvgIpc) is 3.48. The molecule has 0 aliphatic carbocycles. The highest BCUT2D eigenvalue weighted by atomic mass is 16.6. The lowest BCUT2D eigenvalue weighted by atomic mass is 9.88. The molecule has 1 aliphatic rings. The summed E-state index contributed by atoms with van der Waals surface area (Å²) < 4.78 is 6.93. The monoisotopic (exact) mass is 645 g/mol. The van der Waals surface area contributed by atoms with Gasteiger partial charge in [-0.1, -0.05) is 67.6 Å². The summed E-state index contributed by atoms with van der Waals surface area (Å²) in [4.78, 5) is 53.3. The van der Waals surface area contributed by atoms with Crippen molar-refractivity contribution < 1.29 is 34.4 Å². The highest BCUT2D eigenvalue weighted by molar-refractivity contribution is 5.93. The van der Waals surface area contributed by atoms with Gasteiger partial charge in [0.05, 0.1) is 18.5 Å². The Morgan fingerprint density at radius 1 is 0.936 bits per heavy atom. The van der Waals surface area contributed by atoms with Gasteiger partial charge in [-0.05, 0) is 30.4 Å². The van der Waals surface area contributed by atoms with Gasteiger partial charge < -0.3 is 41.0 Å². The molecule has 0 spiro atoms. The molecule has 5 rings (SSSR count). The maximum absolute atomic E-state index is 14.0. The molecule has 1 unspecified atom stereocenters. The standard InChI is InChI=1S/C33H39N7O7/c1-2-24-28(43)29(44)26(33(46)47-24)39-32(45)21(13-19-9-5-3-6-10-19)15-23(41)22(14-20-11-7-4-8-12-20)38-25(42)16-40-18-37-27-30(34)35-17-36-31(27)40/h3-12,17-18,21-22,24,26,28-29,33,43-44,46H,2,13-16H2,1H3,(H,38,42)(H,39,45)(H2,34,35,36)/t21-,22+,24-,26?,28-,29-,33-/m1/s1. The van der Waals surface area contributed by atoms with E-state index in [1.54, 1.807) is 6.92 Å². The SMILES string of the molecule is CC[C@H]1O[C@@H](O)C(NC(=O)[C@@H](CC(=O)[C@H](Cc2ccccc2)NC(=O)Cn2cnc3c(N)ncnc32)Cc2ccccc2)[C@@H](O)[C@@H]1O. The van der Waals surface area contributed by atoms with Gasteiger partial charge in [0, 0.05) is 12.3 Å². The van der Waals surface area contributed by atoms with Crippen molar-refractivity contribution in [3.63, 3.8) is 0 Å². The summed E-state index contributed by atoms with van der Waals surface area (Å²) in [6.07, 6.45) is -2.10. The number of aromatic nitrogens is 4. The van der Waals surface area contributed by atoms with E-state index in [1.165, 1.54) is 17.2 Å². The second kappa shape index (κ2) is 15.2. The average molecular weight is 646 g/mol. The molecule has 7 atom stereocenters. The number of nitrogens with two attached hydrogens (primary N) is 1. The Morgan fingerprint density at radius 3 is 2.26 bits per heavy atom. The number of imidazole rings is 1. The van der Waals surface area contributed by atoms with Gasteiger partial charge in [-0.3, -0.25) is 14.4 Å². The molecule has 14 nitrogen and oxygen atoms in total.